The fourth-order valence-corrected chi connectivity index (χ4v) is 2.74. The van der Waals surface area contributed by atoms with E-state index in [1.54, 1.807) is 18.9 Å². The van der Waals surface area contributed by atoms with Crippen molar-refractivity contribution in [3.63, 3.8) is 0 Å². The number of nitrogens with zero attached hydrogens (tertiary/aromatic N) is 3. The molecule has 23 heavy (non-hydrogen) atoms. The molecule has 1 amide bonds. The number of likely N-dealkylation sites (N-methyl/N-ethyl adjacent to an activating group) is 1. The number of aromatic nitrogens is 2. The van der Waals surface area contributed by atoms with Crippen molar-refractivity contribution in [3.05, 3.63) is 51.8 Å². The first-order valence-electron chi connectivity index (χ1n) is 7.58. The molecule has 1 heterocycles. The van der Waals surface area contributed by atoms with Gasteiger partial charge < -0.3 is 10.0 Å². The van der Waals surface area contributed by atoms with E-state index in [2.05, 4.69) is 5.10 Å². The van der Waals surface area contributed by atoms with Gasteiger partial charge in [-0.2, -0.15) is 5.10 Å². The monoisotopic (exact) mass is 335 g/mol. The Bertz CT molecular complexity index is 695. The number of benzene rings is 1. The Hall–Kier alpha value is -1.85. The average Bonchev–Trinajstić information content (AvgIpc) is 2.77. The first-order chi connectivity index (χ1) is 10.8. The lowest BCUT2D eigenvalue weighted by molar-refractivity contribution is 0.0634. The lowest BCUT2D eigenvalue weighted by Gasteiger charge is -2.24. The van der Waals surface area contributed by atoms with Crippen LogP contribution in [0.1, 0.15) is 40.2 Å². The molecule has 1 unspecified atom stereocenters. The summed E-state index contributed by atoms with van der Waals surface area (Å²) >= 11 is 6.17. The molecular formula is C17H22ClN3O2. The van der Waals surface area contributed by atoms with Crippen molar-refractivity contribution in [2.24, 2.45) is 7.05 Å². The van der Waals surface area contributed by atoms with Gasteiger partial charge in [-0.05, 0) is 26.3 Å². The summed E-state index contributed by atoms with van der Waals surface area (Å²) in [6, 6.07) is 7.64. The molecule has 0 saturated heterocycles. The number of carbonyl (C=O) groups excluding carboxylic acids is 1. The van der Waals surface area contributed by atoms with Crippen LogP contribution in [0.2, 0.25) is 5.15 Å². The molecule has 0 spiro atoms. The molecule has 0 aliphatic carbocycles. The summed E-state index contributed by atoms with van der Waals surface area (Å²) in [6.45, 7) is 6.31. The Kier molecular flexibility index (Phi) is 5.44. The lowest BCUT2D eigenvalue weighted by atomic mass is 10.1. The third-order valence-corrected chi connectivity index (χ3v) is 4.32. The van der Waals surface area contributed by atoms with E-state index in [1.165, 1.54) is 4.68 Å². The van der Waals surface area contributed by atoms with Crippen LogP contribution in [0.15, 0.2) is 24.3 Å². The molecule has 1 atom stereocenters. The van der Waals surface area contributed by atoms with Gasteiger partial charge in [0.25, 0.3) is 5.91 Å². The molecule has 2 aromatic rings. The molecular weight excluding hydrogens is 314 g/mol. The maximum atomic E-state index is 12.7. The second kappa shape index (κ2) is 7.15. The summed E-state index contributed by atoms with van der Waals surface area (Å²) < 4.78 is 1.48. The van der Waals surface area contributed by atoms with Crippen LogP contribution < -0.4 is 0 Å². The maximum Gasteiger partial charge on any atom is 0.258 e. The van der Waals surface area contributed by atoms with E-state index < -0.39 is 6.10 Å². The quantitative estimate of drug-likeness (QED) is 0.914. The SMILES string of the molecule is CCN(CC(O)c1ccc(C)cc1)C(=O)c1c(C)nn(C)c1Cl. The molecule has 0 fully saturated rings. The van der Waals surface area contributed by atoms with Crippen LogP contribution >= 0.6 is 11.6 Å². The molecule has 2 rings (SSSR count). The number of carbonyl (C=O) groups is 1. The highest BCUT2D eigenvalue weighted by atomic mass is 35.5. The summed E-state index contributed by atoms with van der Waals surface area (Å²) in [5.41, 5.74) is 2.90. The van der Waals surface area contributed by atoms with Gasteiger partial charge >= 0.3 is 0 Å². The van der Waals surface area contributed by atoms with Crippen molar-refractivity contribution in [1.29, 1.82) is 0 Å². The first kappa shape index (κ1) is 17.5. The predicted octanol–water partition coefficient (Wildman–Crippen LogP) is 2.89. The van der Waals surface area contributed by atoms with E-state index in [4.69, 9.17) is 11.6 Å². The van der Waals surface area contributed by atoms with E-state index in [0.717, 1.165) is 11.1 Å². The van der Waals surface area contributed by atoms with Crippen LogP contribution in [0.3, 0.4) is 0 Å². The van der Waals surface area contributed by atoms with E-state index in [-0.39, 0.29) is 12.5 Å². The minimum absolute atomic E-state index is 0.211. The normalized spacial score (nSPS) is 12.3. The zero-order valence-electron chi connectivity index (χ0n) is 13.9. The number of amides is 1. The van der Waals surface area contributed by atoms with Gasteiger partial charge in [-0.3, -0.25) is 9.48 Å². The van der Waals surface area contributed by atoms with Crippen molar-refractivity contribution in [3.8, 4) is 0 Å². The van der Waals surface area contributed by atoms with Crippen LogP contribution in [0.4, 0.5) is 0 Å². The van der Waals surface area contributed by atoms with Gasteiger partial charge in [0.1, 0.15) is 5.15 Å². The van der Waals surface area contributed by atoms with Gasteiger partial charge in [-0.25, -0.2) is 0 Å². The van der Waals surface area contributed by atoms with Crippen LogP contribution in [0.5, 0.6) is 0 Å². The second-order valence-corrected chi connectivity index (χ2v) is 6.00. The highest BCUT2D eigenvalue weighted by Crippen LogP contribution is 2.22. The molecule has 0 radical (unpaired) electrons. The minimum Gasteiger partial charge on any atom is -0.387 e. The van der Waals surface area contributed by atoms with Crippen LogP contribution in [-0.4, -0.2) is 38.8 Å². The van der Waals surface area contributed by atoms with Crippen molar-refractivity contribution >= 4 is 17.5 Å². The number of rotatable bonds is 5. The predicted molar refractivity (Wildman–Crippen MR) is 90.7 cm³/mol. The number of hydrogen-bond donors (Lipinski definition) is 1. The zero-order valence-corrected chi connectivity index (χ0v) is 14.6. The average molecular weight is 336 g/mol. The fraction of sp³-hybridized carbons (Fsp3) is 0.412. The first-order valence-corrected chi connectivity index (χ1v) is 7.96. The smallest absolute Gasteiger partial charge is 0.258 e. The summed E-state index contributed by atoms with van der Waals surface area (Å²) in [6.07, 6.45) is -0.741. The molecule has 1 aromatic heterocycles. The minimum atomic E-state index is -0.741. The summed E-state index contributed by atoms with van der Waals surface area (Å²) in [7, 11) is 1.70. The van der Waals surface area contributed by atoms with Crippen LogP contribution in [-0.2, 0) is 7.05 Å². The molecule has 1 N–H and O–H groups in total. The second-order valence-electron chi connectivity index (χ2n) is 5.65. The Balaban J connectivity index is 2.19. The van der Waals surface area contributed by atoms with E-state index >= 15 is 0 Å². The largest absolute Gasteiger partial charge is 0.387 e. The molecule has 0 aliphatic heterocycles. The van der Waals surface area contributed by atoms with Crippen molar-refractivity contribution < 1.29 is 9.90 Å². The highest BCUT2D eigenvalue weighted by Gasteiger charge is 2.25. The Morgan fingerprint density at radius 3 is 2.43 bits per heavy atom. The van der Waals surface area contributed by atoms with E-state index in [1.807, 2.05) is 38.1 Å². The van der Waals surface area contributed by atoms with Gasteiger partial charge in [0.15, 0.2) is 0 Å². The third-order valence-electron chi connectivity index (χ3n) is 3.89. The Morgan fingerprint density at radius 1 is 1.35 bits per heavy atom. The molecule has 0 aliphatic rings. The Morgan fingerprint density at radius 2 is 1.96 bits per heavy atom. The summed E-state index contributed by atoms with van der Waals surface area (Å²) in [5.74, 6) is -0.214. The molecule has 6 heteroatoms. The van der Waals surface area contributed by atoms with Gasteiger partial charge in [0, 0.05) is 13.6 Å². The standard InChI is InChI=1S/C17H22ClN3O2/c1-5-21(10-14(22)13-8-6-11(2)7-9-13)17(23)15-12(3)19-20(4)16(15)18/h6-9,14,22H,5,10H2,1-4H3. The number of hydrogen-bond acceptors (Lipinski definition) is 3. The van der Waals surface area contributed by atoms with Crippen LogP contribution in [0.25, 0.3) is 0 Å². The molecule has 1 aromatic carbocycles. The lowest BCUT2D eigenvalue weighted by Crippen LogP contribution is -2.35. The molecule has 0 saturated carbocycles. The van der Waals surface area contributed by atoms with Crippen molar-refractivity contribution in [1.82, 2.24) is 14.7 Å². The number of aliphatic hydroxyl groups is 1. The highest BCUT2D eigenvalue weighted by molar-refractivity contribution is 6.33. The fourth-order valence-electron chi connectivity index (χ4n) is 2.49. The molecule has 0 bridgehead atoms. The third kappa shape index (κ3) is 3.74. The van der Waals surface area contributed by atoms with Gasteiger partial charge in [-0.1, -0.05) is 41.4 Å². The van der Waals surface area contributed by atoms with Gasteiger partial charge in [0.05, 0.1) is 23.9 Å². The number of halogens is 1. The van der Waals surface area contributed by atoms with Crippen molar-refractivity contribution in [2.75, 3.05) is 13.1 Å². The summed E-state index contributed by atoms with van der Waals surface area (Å²) in [4.78, 5) is 14.3. The van der Waals surface area contributed by atoms with E-state index in [0.29, 0.717) is 23.0 Å². The zero-order chi connectivity index (χ0) is 17.1. The molecule has 5 nitrogen and oxygen atoms in total. The summed E-state index contributed by atoms with van der Waals surface area (Å²) in [5, 5.41) is 14.9. The maximum absolute atomic E-state index is 12.7. The van der Waals surface area contributed by atoms with E-state index in [9.17, 15) is 9.90 Å². The van der Waals surface area contributed by atoms with Gasteiger partial charge in [0.2, 0.25) is 0 Å². The van der Waals surface area contributed by atoms with Gasteiger partial charge in [-0.15, -0.1) is 0 Å². The Labute approximate surface area is 141 Å². The van der Waals surface area contributed by atoms with Crippen LogP contribution in [0, 0.1) is 13.8 Å². The topological polar surface area (TPSA) is 58.4 Å². The molecule has 124 valence electrons. The van der Waals surface area contributed by atoms with Crippen molar-refractivity contribution in [2.45, 2.75) is 26.9 Å². The number of aliphatic hydroxyl groups excluding tert-OH is 1. The number of aryl methyl sites for hydroxylation is 3.